The van der Waals surface area contributed by atoms with Crippen LogP contribution in [0.1, 0.15) is 29.7 Å². The third kappa shape index (κ3) is 6.62. The largest absolute Gasteiger partial charge is 0.456 e. The van der Waals surface area contributed by atoms with Gasteiger partial charge >= 0.3 is 0 Å². The van der Waals surface area contributed by atoms with Gasteiger partial charge in [-0.25, -0.2) is 4.99 Å². The normalized spacial score (nSPS) is 13.0. The van der Waals surface area contributed by atoms with Gasteiger partial charge in [0.2, 0.25) is 0 Å². The molecule has 0 radical (unpaired) electrons. The van der Waals surface area contributed by atoms with E-state index in [1.807, 2.05) is 47.7 Å². The number of fused-ring (bicyclic) bond motifs is 12. The van der Waals surface area contributed by atoms with E-state index in [1.54, 1.807) is 0 Å². The highest BCUT2D eigenvalue weighted by Gasteiger charge is 2.21. The van der Waals surface area contributed by atoms with Gasteiger partial charge in [0, 0.05) is 75.0 Å². The first-order valence-corrected chi connectivity index (χ1v) is 24.8. The van der Waals surface area contributed by atoms with Crippen molar-refractivity contribution in [3.63, 3.8) is 0 Å². The van der Waals surface area contributed by atoms with Crippen LogP contribution in [0.5, 0.6) is 0 Å². The summed E-state index contributed by atoms with van der Waals surface area (Å²) in [7, 11) is 0. The molecule has 0 fully saturated rings. The minimum Gasteiger partial charge on any atom is -0.456 e. The van der Waals surface area contributed by atoms with Crippen LogP contribution in [-0.2, 0) is 0 Å². The zero-order valence-electron chi connectivity index (χ0n) is 38.6. The maximum Gasteiger partial charge on any atom is 0.157 e. The summed E-state index contributed by atoms with van der Waals surface area (Å²) in [5.41, 5.74) is 20.5. The maximum atomic E-state index is 7.30. The maximum absolute atomic E-state index is 7.30. The number of aliphatic imine (C=N–C) groups is 2. The minimum atomic E-state index is -0.198. The SMILES string of the molecule is CC(N=C(N=C(N)c1cccc2oc3ccc(-c4cc(-n5c6ccccc6c6ccccc65)cc5sc6ccccc6c45)cc3c12)c1cccc(-n2c3ccccc3c3ccccc32)c1)c1ccccc1. The Hall–Kier alpha value is -9.04. The number of para-hydroxylation sites is 4. The van der Waals surface area contributed by atoms with Crippen LogP contribution in [0.25, 0.3) is 108 Å². The van der Waals surface area contributed by atoms with Gasteiger partial charge in [0.1, 0.15) is 17.0 Å². The second-order valence-electron chi connectivity index (χ2n) is 18.3. The first-order valence-electron chi connectivity index (χ1n) is 24.0. The molecule has 7 heteroatoms. The Morgan fingerprint density at radius 3 is 1.75 bits per heavy atom. The molecule has 0 saturated carbocycles. The van der Waals surface area contributed by atoms with Crippen LogP contribution in [-0.4, -0.2) is 20.8 Å². The quantitative estimate of drug-likeness (QED) is 0.128. The molecule has 336 valence electrons. The highest BCUT2D eigenvalue weighted by molar-refractivity contribution is 7.26. The molecule has 10 aromatic carbocycles. The zero-order chi connectivity index (χ0) is 47.2. The van der Waals surface area contributed by atoms with Gasteiger partial charge in [0.15, 0.2) is 5.84 Å². The zero-order valence-corrected chi connectivity index (χ0v) is 39.4. The Morgan fingerprint density at radius 2 is 1.07 bits per heavy atom. The van der Waals surface area contributed by atoms with Gasteiger partial charge in [0.25, 0.3) is 0 Å². The third-order valence-electron chi connectivity index (χ3n) is 14.2. The van der Waals surface area contributed by atoms with Crippen molar-refractivity contribution in [3.8, 4) is 22.5 Å². The molecule has 0 spiro atoms. The van der Waals surface area contributed by atoms with Gasteiger partial charge in [-0.15, -0.1) is 11.3 Å². The van der Waals surface area contributed by atoms with Crippen molar-refractivity contribution in [1.29, 1.82) is 0 Å². The molecule has 0 amide bonds. The number of benzene rings is 10. The number of hydrogen-bond donors (Lipinski definition) is 1. The van der Waals surface area contributed by atoms with Crippen LogP contribution >= 0.6 is 11.3 Å². The van der Waals surface area contributed by atoms with E-state index in [0.29, 0.717) is 11.7 Å². The Bertz CT molecular complexity index is 4400. The molecule has 4 aromatic heterocycles. The first-order chi connectivity index (χ1) is 35.0. The lowest BCUT2D eigenvalue weighted by Crippen LogP contribution is -2.17. The summed E-state index contributed by atoms with van der Waals surface area (Å²) >= 11 is 1.84. The molecule has 4 heterocycles. The van der Waals surface area contributed by atoms with Crippen LogP contribution in [0.4, 0.5) is 0 Å². The van der Waals surface area contributed by atoms with Crippen LogP contribution in [0, 0.1) is 0 Å². The Balaban J connectivity index is 0.949. The Morgan fingerprint density at radius 1 is 0.479 bits per heavy atom. The number of furan rings is 1. The molecule has 6 nitrogen and oxygen atoms in total. The molecule has 0 aliphatic carbocycles. The van der Waals surface area contributed by atoms with E-state index < -0.39 is 0 Å². The van der Waals surface area contributed by atoms with Crippen molar-refractivity contribution < 1.29 is 4.42 Å². The summed E-state index contributed by atoms with van der Waals surface area (Å²) in [5.74, 6) is 0.894. The number of amidine groups is 2. The van der Waals surface area contributed by atoms with Crippen LogP contribution in [0.3, 0.4) is 0 Å². The number of hydrogen-bond acceptors (Lipinski definition) is 3. The summed E-state index contributed by atoms with van der Waals surface area (Å²) in [6, 6.07) is 79.2. The van der Waals surface area contributed by atoms with Crippen molar-refractivity contribution in [2.24, 2.45) is 15.7 Å². The summed E-state index contributed by atoms with van der Waals surface area (Å²) in [6.45, 7) is 2.10. The summed E-state index contributed by atoms with van der Waals surface area (Å²) in [6.07, 6.45) is 0. The molecule has 2 N–H and O–H groups in total. The van der Waals surface area contributed by atoms with E-state index in [-0.39, 0.29) is 6.04 Å². The van der Waals surface area contributed by atoms with Gasteiger partial charge in [0.05, 0.1) is 28.1 Å². The highest BCUT2D eigenvalue weighted by Crippen LogP contribution is 2.45. The van der Waals surface area contributed by atoms with E-state index in [4.69, 9.17) is 20.1 Å². The van der Waals surface area contributed by atoms with Crippen LogP contribution < -0.4 is 5.73 Å². The van der Waals surface area contributed by atoms with E-state index in [1.165, 1.54) is 52.8 Å². The predicted octanol–water partition coefficient (Wildman–Crippen LogP) is 16.7. The molecule has 1 atom stereocenters. The average Bonchev–Trinajstić information content (AvgIpc) is 4.18. The molecule has 0 aliphatic heterocycles. The molecule has 0 bridgehead atoms. The lowest BCUT2D eigenvalue weighted by molar-refractivity contribution is 0.669. The fourth-order valence-corrected chi connectivity index (χ4v) is 12.1. The lowest BCUT2D eigenvalue weighted by atomic mass is 9.96. The van der Waals surface area contributed by atoms with Gasteiger partial charge in [-0.3, -0.25) is 4.99 Å². The highest BCUT2D eigenvalue weighted by atomic mass is 32.1. The van der Waals surface area contributed by atoms with Gasteiger partial charge in [-0.2, -0.15) is 0 Å². The minimum absolute atomic E-state index is 0.198. The number of rotatable bonds is 7. The average molecular weight is 930 g/mol. The number of thiophene rings is 1. The van der Waals surface area contributed by atoms with Gasteiger partial charge in [-0.1, -0.05) is 152 Å². The summed E-state index contributed by atoms with van der Waals surface area (Å²) in [4.78, 5) is 10.6. The van der Waals surface area contributed by atoms with E-state index in [0.717, 1.165) is 72.2 Å². The molecular weight excluding hydrogens is 887 g/mol. The van der Waals surface area contributed by atoms with Crippen LogP contribution in [0.15, 0.2) is 239 Å². The van der Waals surface area contributed by atoms with Crippen molar-refractivity contribution in [2.75, 3.05) is 0 Å². The topological polar surface area (TPSA) is 73.7 Å². The smallest absolute Gasteiger partial charge is 0.157 e. The molecule has 14 aromatic rings. The van der Waals surface area contributed by atoms with Crippen molar-refractivity contribution >= 4 is 109 Å². The Labute approximate surface area is 412 Å². The molecule has 0 aliphatic rings. The first kappa shape index (κ1) is 41.0. The number of aromatic nitrogens is 2. The molecule has 0 saturated heterocycles. The molecular formula is C64H43N5OS. The second-order valence-corrected chi connectivity index (χ2v) is 19.4. The van der Waals surface area contributed by atoms with Crippen molar-refractivity contribution in [2.45, 2.75) is 13.0 Å². The number of nitrogens with zero attached hydrogens (tertiary/aromatic N) is 4. The monoisotopic (exact) mass is 929 g/mol. The fraction of sp³-hybridized carbons (Fsp3) is 0.0312. The van der Waals surface area contributed by atoms with E-state index in [9.17, 15) is 0 Å². The molecule has 71 heavy (non-hydrogen) atoms. The number of nitrogens with two attached hydrogens (primary N) is 1. The standard InChI is InChI=1S/C64H43N5OS/c1-39(40-17-3-2-4-18-40)66-64(42-19-15-20-43(35-42)68-53-27-10-5-21-45(53)46-22-6-11-28-54(46)68)67-63(65)50-26-16-31-58-61(50)52-36-41(33-34-57(52)70-58)51-37-44(38-60-62(51)49-25-9-14-32-59(49)71-60)69-55-29-12-7-23-47(55)48-24-8-13-30-56(48)69/h2-39H,1H3,(H2,65,66,67). The summed E-state index contributed by atoms with van der Waals surface area (Å²) < 4.78 is 13.9. The Kier molecular flexibility index (Phi) is 9.41. The predicted molar refractivity (Wildman–Crippen MR) is 299 cm³/mol. The third-order valence-corrected chi connectivity index (χ3v) is 15.3. The summed E-state index contributed by atoms with van der Waals surface area (Å²) in [5, 5.41) is 9.22. The fourth-order valence-electron chi connectivity index (χ4n) is 10.9. The molecule has 14 rings (SSSR count). The second kappa shape index (κ2) is 16.3. The van der Waals surface area contributed by atoms with Gasteiger partial charge in [-0.05, 0) is 96.4 Å². The van der Waals surface area contributed by atoms with E-state index in [2.05, 4.69) is 204 Å². The molecule has 1 unspecified atom stereocenters. The van der Waals surface area contributed by atoms with E-state index >= 15 is 0 Å². The van der Waals surface area contributed by atoms with Crippen molar-refractivity contribution in [1.82, 2.24) is 9.13 Å². The van der Waals surface area contributed by atoms with Crippen LogP contribution in [0.2, 0.25) is 0 Å². The van der Waals surface area contributed by atoms with Crippen molar-refractivity contribution in [3.05, 3.63) is 241 Å². The lowest BCUT2D eigenvalue weighted by Gasteiger charge is -2.13. The van der Waals surface area contributed by atoms with Gasteiger partial charge < -0.3 is 19.3 Å².